The molecule has 0 radical (unpaired) electrons. The number of benzene rings is 1. The summed E-state index contributed by atoms with van der Waals surface area (Å²) in [5.74, 6) is 0.611. The maximum atomic E-state index is 12.5. The van der Waals surface area contributed by atoms with Gasteiger partial charge < -0.3 is 10.0 Å². The molecule has 2 rings (SSSR count). The van der Waals surface area contributed by atoms with Crippen molar-refractivity contribution in [3.05, 3.63) is 35.9 Å². The van der Waals surface area contributed by atoms with Crippen LogP contribution in [-0.4, -0.2) is 40.1 Å². The molecule has 1 aliphatic rings. The molecule has 1 fully saturated rings. The van der Waals surface area contributed by atoms with Crippen LogP contribution in [0.15, 0.2) is 30.3 Å². The largest absolute Gasteiger partial charge is 0.395 e. The number of β-lactam (4-membered cyclic amide) rings is 1. The fourth-order valence-electron chi connectivity index (χ4n) is 3.15. The highest BCUT2D eigenvalue weighted by atomic mass is 16.3. The second-order valence-electron chi connectivity index (χ2n) is 7.17. The van der Waals surface area contributed by atoms with Crippen LogP contribution in [0.1, 0.15) is 39.7 Å². The van der Waals surface area contributed by atoms with Crippen molar-refractivity contribution in [1.82, 2.24) is 10.2 Å². The number of carbonyl (C=O) groups is 1. The van der Waals surface area contributed by atoms with E-state index in [4.69, 9.17) is 0 Å². The Morgan fingerprint density at radius 2 is 1.91 bits per heavy atom. The zero-order chi connectivity index (χ0) is 16.3. The van der Waals surface area contributed by atoms with Crippen LogP contribution in [0.2, 0.25) is 0 Å². The molecular weight excluding hydrogens is 276 g/mol. The standard InChI is InChI=1S/C18H28N2O2/c1-13(2)10-15(12-21)19-16-17(22)20(18(16,3)4)11-14-8-6-5-7-9-14/h5-9,13,15-16,19,21H,10-12H2,1-4H3/t15-,16+/m0/s1. The fraction of sp³-hybridized carbons (Fsp3) is 0.611. The Labute approximate surface area is 133 Å². The Balaban J connectivity index is 2.00. The highest BCUT2D eigenvalue weighted by molar-refractivity contribution is 5.91. The number of hydrogen-bond acceptors (Lipinski definition) is 3. The summed E-state index contributed by atoms with van der Waals surface area (Å²) in [7, 11) is 0. The maximum Gasteiger partial charge on any atom is 0.242 e. The Hall–Kier alpha value is -1.39. The second kappa shape index (κ2) is 6.80. The summed E-state index contributed by atoms with van der Waals surface area (Å²) in [6.07, 6.45) is 0.870. The molecule has 22 heavy (non-hydrogen) atoms. The lowest BCUT2D eigenvalue weighted by Crippen LogP contribution is -2.76. The zero-order valence-corrected chi connectivity index (χ0v) is 14.0. The van der Waals surface area contributed by atoms with Crippen molar-refractivity contribution in [2.75, 3.05) is 6.61 Å². The van der Waals surface area contributed by atoms with Gasteiger partial charge in [-0.3, -0.25) is 10.1 Å². The van der Waals surface area contributed by atoms with Crippen molar-refractivity contribution >= 4 is 5.91 Å². The average Bonchev–Trinajstić information content (AvgIpc) is 2.49. The number of nitrogens with zero attached hydrogens (tertiary/aromatic N) is 1. The number of carbonyl (C=O) groups excluding carboxylic acids is 1. The number of nitrogens with one attached hydrogen (secondary N) is 1. The predicted octanol–water partition coefficient (Wildman–Crippen LogP) is 2.17. The van der Waals surface area contributed by atoms with Crippen molar-refractivity contribution in [3.63, 3.8) is 0 Å². The van der Waals surface area contributed by atoms with Gasteiger partial charge in [-0.1, -0.05) is 44.2 Å². The van der Waals surface area contributed by atoms with Gasteiger partial charge in [0, 0.05) is 12.6 Å². The summed E-state index contributed by atoms with van der Waals surface area (Å²) in [6.45, 7) is 9.12. The normalized spacial score (nSPS) is 21.8. The first-order valence-electron chi connectivity index (χ1n) is 8.08. The SMILES string of the molecule is CC(C)C[C@@H](CO)N[C@@H]1C(=O)N(Cc2ccccc2)C1(C)C. The molecule has 1 heterocycles. The highest BCUT2D eigenvalue weighted by Crippen LogP contribution is 2.33. The molecule has 4 nitrogen and oxygen atoms in total. The third-order valence-corrected chi connectivity index (χ3v) is 4.48. The molecule has 1 amide bonds. The molecule has 122 valence electrons. The van der Waals surface area contributed by atoms with Gasteiger partial charge in [0.25, 0.3) is 0 Å². The predicted molar refractivity (Wildman–Crippen MR) is 88.3 cm³/mol. The maximum absolute atomic E-state index is 12.5. The number of likely N-dealkylation sites (tertiary alicyclic amines) is 1. The van der Waals surface area contributed by atoms with E-state index in [2.05, 4.69) is 33.0 Å². The van der Waals surface area contributed by atoms with Crippen molar-refractivity contribution < 1.29 is 9.90 Å². The summed E-state index contributed by atoms with van der Waals surface area (Å²) in [5, 5.41) is 12.9. The van der Waals surface area contributed by atoms with Crippen molar-refractivity contribution in [2.24, 2.45) is 5.92 Å². The van der Waals surface area contributed by atoms with E-state index in [0.29, 0.717) is 12.5 Å². The van der Waals surface area contributed by atoms with Crippen LogP contribution in [0.4, 0.5) is 0 Å². The molecule has 4 heteroatoms. The van der Waals surface area contributed by atoms with E-state index >= 15 is 0 Å². The summed E-state index contributed by atoms with van der Waals surface area (Å²) in [5.41, 5.74) is 0.903. The average molecular weight is 304 g/mol. The summed E-state index contributed by atoms with van der Waals surface area (Å²) in [6, 6.07) is 9.81. The molecule has 0 saturated carbocycles. The van der Waals surface area contributed by atoms with Crippen molar-refractivity contribution in [2.45, 2.75) is 58.3 Å². The number of aliphatic hydroxyl groups excluding tert-OH is 1. The minimum atomic E-state index is -0.239. The minimum absolute atomic E-state index is 0.0212. The Morgan fingerprint density at radius 1 is 1.27 bits per heavy atom. The van der Waals surface area contributed by atoms with Gasteiger partial charge in [-0.05, 0) is 31.7 Å². The molecule has 0 aromatic heterocycles. The summed E-state index contributed by atoms with van der Waals surface area (Å²) in [4.78, 5) is 14.4. The molecule has 1 aromatic carbocycles. The molecule has 0 unspecified atom stereocenters. The van der Waals surface area contributed by atoms with Crippen LogP contribution in [-0.2, 0) is 11.3 Å². The van der Waals surface area contributed by atoms with E-state index in [0.717, 1.165) is 12.0 Å². The van der Waals surface area contributed by atoms with E-state index in [1.807, 2.05) is 35.2 Å². The molecule has 2 atom stereocenters. The van der Waals surface area contributed by atoms with E-state index in [9.17, 15) is 9.90 Å². The van der Waals surface area contributed by atoms with Crippen LogP contribution < -0.4 is 5.32 Å². The Kier molecular flexibility index (Phi) is 5.24. The smallest absolute Gasteiger partial charge is 0.242 e. The number of rotatable bonds is 7. The lowest BCUT2D eigenvalue weighted by molar-refractivity contribution is -0.162. The van der Waals surface area contributed by atoms with Crippen LogP contribution in [0.3, 0.4) is 0 Å². The van der Waals surface area contributed by atoms with Crippen LogP contribution in [0, 0.1) is 5.92 Å². The van der Waals surface area contributed by atoms with Gasteiger partial charge in [-0.2, -0.15) is 0 Å². The highest BCUT2D eigenvalue weighted by Gasteiger charge is 2.53. The second-order valence-corrected chi connectivity index (χ2v) is 7.17. The first-order valence-corrected chi connectivity index (χ1v) is 8.08. The lowest BCUT2D eigenvalue weighted by Gasteiger charge is -2.55. The molecule has 0 spiro atoms. The van der Waals surface area contributed by atoms with E-state index < -0.39 is 0 Å². The van der Waals surface area contributed by atoms with E-state index in [-0.39, 0.29) is 30.1 Å². The third kappa shape index (κ3) is 3.50. The van der Waals surface area contributed by atoms with Crippen molar-refractivity contribution in [1.29, 1.82) is 0 Å². The monoisotopic (exact) mass is 304 g/mol. The summed E-state index contributed by atoms with van der Waals surface area (Å²) >= 11 is 0. The molecule has 1 aromatic rings. The number of aliphatic hydroxyl groups is 1. The number of amides is 1. The Morgan fingerprint density at radius 3 is 2.41 bits per heavy atom. The summed E-state index contributed by atoms with van der Waals surface area (Å²) < 4.78 is 0. The van der Waals surface area contributed by atoms with E-state index in [1.54, 1.807) is 0 Å². The first-order chi connectivity index (χ1) is 10.4. The van der Waals surface area contributed by atoms with Gasteiger partial charge in [0.1, 0.15) is 6.04 Å². The van der Waals surface area contributed by atoms with Crippen molar-refractivity contribution in [3.8, 4) is 0 Å². The van der Waals surface area contributed by atoms with Gasteiger partial charge in [-0.25, -0.2) is 0 Å². The van der Waals surface area contributed by atoms with Crippen LogP contribution in [0.5, 0.6) is 0 Å². The molecule has 1 aliphatic heterocycles. The molecular formula is C18H28N2O2. The molecule has 0 bridgehead atoms. The van der Waals surface area contributed by atoms with Crippen LogP contribution >= 0.6 is 0 Å². The molecule has 2 N–H and O–H groups in total. The van der Waals surface area contributed by atoms with E-state index in [1.165, 1.54) is 0 Å². The number of hydrogen-bond donors (Lipinski definition) is 2. The lowest BCUT2D eigenvalue weighted by atomic mass is 9.80. The Bertz CT molecular complexity index is 499. The quantitative estimate of drug-likeness (QED) is 0.759. The third-order valence-electron chi connectivity index (χ3n) is 4.48. The zero-order valence-electron chi connectivity index (χ0n) is 14.0. The fourth-order valence-corrected chi connectivity index (χ4v) is 3.15. The van der Waals surface area contributed by atoms with Gasteiger partial charge in [0.05, 0.1) is 12.1 Å². The first kappa shape index (κ1) is 17.0. The topological polar surface area (TPSA) is 52.6 Å². The molecule has 0 aliphatic carbocycles. The molecule has 1 saturated heterocycles. The van der Waals surface area contributed by atoms with Gasteiger partial charge in [0.2, 0.25) is 5.91 Å². The van der Waals surface area contributed by atoms with Crippen LogP contribution in [0.25, 0.3) is 0 Å². The van der Waals surface area contributed by atoms with Gasteiger partial charge in [-0.15, -0.1) is 0 Å². The minimum Gasteiger partial charge on any atom is -0.395 e. The van der Waals surface area contributed by atoms with Gasteiger partial charge >= 0.3 is 0 Å². The van der Waals surface area contributed by atoms with Gasteiger partial charge in [0.15, 0.2) is 0 Å².